The van der Waals surface area contributed by atoms with E-state index in [2.05, 4.69) is 37.0 Å². The third-order valence-electron chi connectivity index (χ3n) is 3.30. The predicted octanol–water partition coefficient (Wildman–Crippen LogP) is 4.50. The van der Waals surface area contributed by atoms with Gasteiger partial charge in [0.25, 0.3) is 5.91 Å². The van der Waals surface area contributed by atoms with Crippen LogP contribution in [0.3, 0.4) is 0 Å². The number of hydrogen-bond acceptors (Lipinski definition) is 4. The molecule has 4 nitrogen and oxygen atoms in total. The van der Waals surface area contributed by atoms with Crippen molar-refractivity contribution in [2.75, 3.05) is 11.4 Å². The van der Waals surface area contributed by atoms with Gasteiger partial charge in [0.05, 0.1) is 20.1 Å². The number of carbonyl (C=O) groups is 1. The second-order valence-corrected chi connectivity index (χ2v) is 7.73. The molecular weight excluding hydrogens is 420 g/mol. The van der Waals surface area contributed by atoms with Gasteiger partial charge in [-0.25, -0.2) is 0 Å². The molecule has 2 aromatic rings. The zero-order valence-corrected chi connectivity index (χ0v) is 14.7. The fourth-order valence-corrected chi connectivity index (χ4v) is 4.31. The van der Waals surface area contributed by atoms with E-state index >= 15 is 0 Å². The van der Waals surface area contributed by atoms with Crippen LogP contribution in [0.15, 0.2) is 43.7 Å². The molecule has 3 rings (SSSR count). The van der Waals surface area contributed by atoms with Crippen molar-refractivity contribution in [1.82, 2.24) is 0 Å². The molecule has 1 aliphatic heterocycles. The fourth-order valence-electron chi connectivity index (χ4n) is 2.33. The molecule has 0 atom stereocenters. The summed E-state index contributed by atoms with van der Waals surface area (Å²) < 4.78 is 1.77. The van der Waals surface area contributed by atoms with Crippen molar-refractivity contribution < 1.29 is 10.0 Å². The molecule has 1 N–H and O–H groups in total. The highest BCUT2D eigenvalue weighted by Gasteiger charge is 2.28. The van der Waals surface area contributed by atoms with Crippen LogP contribution in [0.1, 0.15) is 21.7 Å². The molecule has 1 aromatic carbocycles. The number of carbonyl (C=O) groups excluding carboxylic acids is 1. The molecule has 108 valence electrons. The van der Waals surface area contributed by atoms with Crippen molar-refractivity contribution in [2.24, 2.45) is 5.16 Å². The number of hydrogen-bond donors (Lipinski definition) is 1. The zero-order valence-electron chi connectivity index (χ0n) is 10.7. The summed E-state index contributed by atoms with van der Waals surface area (Å²) in [4.78, 5) is 15.1. The van der Waals surface area contributed by atoms with Gasteiger partial charge in [-0.3, -0.25) is 4.79 Å². The lowest BCUT2D eigenvalue weighted by atomic mass is 9.99. The molecule has 7 heteroatoms. The van der Waals surface area contributed by atoms with Gasteiger partial charge in [0, 0.05) is 23.0 Å². The van der Waals surface area contributed by atoms with E-state index in [1.807, 2.05) is 30.3 Å². The van der Waals surface area contributed by atoms with Crippen LogP contribution in [-0.2, 0) is 0 Å². The number of para-hydroxylation sites is 1. The van der Waals surface area contributed by atoms with Gasteiger partial charge in [0.1, 0.15) is 0 Å². The summed E-state index contributed by atoms with van der Waals surface area (Å²) in [5.41, 5.74) is 2.19. The molecular formula is C14H10Br2N2O2S. The van der Waals surface area contributed by atoms with E-state index in [9.17, 15) is 4.79 Å². The van der Waals surface area contributed by atoms with E-state index < -0.39 is 0 Å². The Morgan fingerprint density at radius 1 is 1.33 bits per heavy atom. The first kappa shape index (κ1) is 14.7. The Morgan fingerprint density at radius 2 is 2.10 bits per heavy atom. The van der Waals surface area contributed by atoms with E-state index in [0.717, 1.165) is 19.5 Å². The number of nitrogens with zero attached hydrogens (tertiary/aromatic N) is 2. The molecule has 0 unspecified atom stereocenters. The Morgan fingerprint density at radius 3 is 2.76 bits per heavy atom. The van der Waals surface area contributed by atoms with E-state index in [4.69, 9.17) is 5.21 Å². The van der Waals surface area contributed by atoms with Gasteiger partial charge in [-0.2, -0.15) is 0 Å². The minimum absolute atomic E-state index is 0.0455. The van der Waals surface area contributed by atoms with Crippen molar-refractivity contribution in [2.45, 2.75) is 6.42 Å². The minimum atomic E-state index is -0.0455. The second-order valence-electron chi connectivity index (χ2n) is 4.50. The SMILES string of the molecule is O=C(c1cc(Br)c(Br)s1)N1CC/C(=N/O)c2ccccc21. The van der Waals surface area contributed by atoms with Crippen LogP contribution in [0, 0.1) is 0 Å². The summed E-state index contributed by atoms with van der Waals surface area (Å²) in [5, 5.41) is 12.4. The fraction of sp³-hybridized carbons (Fsp3) is 0.143. The van der Waals surface area contributed by atoms with E-state index in [1.165, 1.54) is 11.3 Å². The molecule has 1 amide bonds. The minimum Gasteiger partial charge on any atom is -0.411 e. The van der Waals surface area contributed by atoms with Gasteiger partial charge >= 0.3 is 0 Å². The van der Waals surface area contributed by atoms with E-state index in [1.54, 1.807) is 4.90 Å². The van der Waals surface area contributed by atoms with Crippen LogP contribution in [0.2, 0.25) is 0 Å². The standard InChI is InChI=1S/C14H10Br2N2O2S/c15-9-7-12(21-13(9)16)14(19)18-6-5-10(17-20)8-3-1-2-4-11(8)18/h1-4,7,20H,5-6H2/b17-10-. The van der Waals surface area contributed by atoms with Crippen LogP contribution < -0.4 is 4.90 Å². The second kappa shape index (κ2) is 5.90. The Kier molecular flexibility index (Phi) is 4.14. The summed E-state index contributed by atoms with van der Waals surface area (Å²) in [7, 11) is 0. The predicted molar refractivity (Wildman–Crippen MR) is 90.8 cm³/mol. The van der Waals surface area contributed by atoms with Crippen molar-refractivity contribution in [3.63, 3.8) is 0 Å². The average molecular weight is 430 g/mol. The maximum absolute atomic E-state index is 12.7. The van der Waals surface area contributed by atoms with Gasteiger partial charge in [0.15, 0.2) is 0 Å². The summed E-state index contributed by atoms with van der Waals surface area (Å²) in [6.45, 7) is 0.502. The third kappa shape index (κ3) is 2.65. The number of amides is 1. The van der Waals surface area contributed by atoms with Crippen molar-refractivity contribution >= 4 is 60.5 Å². The molecule has 0 radical (unpaired) electrons. The molecule has 0 bridgehead atoms. The maximum Gasteiger partial charge on any atom is 0.268 e. The summed E-state index contributed by atoms with van der Waals surface area (Å²) in [6, 6.07) is 9.30. The Labute approximate surface area is 142 Å². The highest BCUT2D eigenvalue weighted by molar-refractivity contribution is 9.13. The number of thiophene rings is 1. The normalized spacial score (nSPS) is 16.1. The largest absolute Gasteiger partial charge is 0.411 e. The topological polar surface area (TPSA) is 52.9 Å². The third-order valence-corrected chi connectivity index (χ3v) is 6.54. The van der Waals surface area contributed by atoms with Crippen molar-refractivity contribution in [3.8, 4) is 0 Å². The highest BCUT2D eigenvalue weighted by Crippen LogP contribution is 2.35. The van der Waals surface area contributed by atoms with Gasteiger partial charge < -0.3 is 10.1 Å². The highest BCUT2D eigenvalue weighted by atomic mass is 79.9. The van der Waals surface area contributed by atoms with E-state index in [0.29, 0.717) is 23.6 Å². The van der Waals surface area contributed by atoms with Crippen LogP contribution in [-0.4, -0.2) is 23.4 Å². The number of oxime groups is 1. The van der Waals surface area contributed by atoms with Crippen molar-refractivity contribution in [3.05, 3.63) is 49.0 Å². The first-order valence-electron chi connectivity index (χ1n) is 6.19. The number of anilines is 1. The lowest BCUT2D eigenvalue weighted by Crippen LogP contribution is -2.37. The van der Waals surface area contributed by atoms with Crippen LogP contribution in [0.4, 0.5) is 5.69 Å². The lowest BCUT2D eigenvalue weighted by molar-refractivity contribution is 0.0991. The van der Waals surface area contributed by atoms with Gasteiger partial charge in [-0.1, -0.05) is 23.4 Å². The van der Waals surface area contributed by atoms with Gasteiger partial charge in [-0.05, 0) is 44.0 Å². The molecule has 0 fully saturated rings. The number of fused-ring (bicyclic) bond motifs is 1. The molecule has 1 aliphatic rings. The van der Waals surface area contributed by atoms with Crippen LogP contribution in [0.5, 0.6) is 0 Å². The number of benzene rings is 1. The first-order valence-corrected chi connectivity index (χ1v) is 8.59. The summed E-state index contributed by atoms with van der Waals surface area (Å²) in [5.74, 6) is -0.0455. The quantitative estimate of drug-likeness (QED) is 0.535. The van der Waals surface area contributed by atoms with Crippen LogP contribution >= 0.6 is 43.2 Å². The maximum atomic E-state index is 12.7. The van der Waals surface area contributed by atoms with Crippen molar-refractivity contribution in [1.29, 1.82) is 0 Å². The van der Waals surface area contributed by atoms with Crippen LogP contribution in [0.25, 0.3) is 0 Å². The van der Waals surface area contributed by atoms with E-state index in [-0.39, 0.29) is 5.91 Å². The summed E-state index contributed by atoms with van der Waals surface area (Å²) >= 11 is 8.21. The molecule has 0 saturated heterocycles. The molecule has 21 heavy (non-hydrogen) atoms. The van der Waals surface area contributed by atoms with Gasteiger partial charge in [-0.15, -0.1) is 11.3 Å². The molecule has 1 aromatic heterocycles. The monoisotopic (exact) mass is 428 g/mol. The number of halogens is 2. The molecule has 0 saturated carbocycles. The molecule has 0 spiro atoms. The summed E-state index contributed by atoms with van der Waals surface area (Å²) in [6.07, 6.45) is 0.535. The lowest BCUT2D eigenvalue weighted by Gasteiger charge is -2.29. The molecule has 2 heterocycles. The number of rotatable bonds is 1. The Bertz CT molecular complexity index is 723. The Balaban J connectivity index is 2.02. The van der Waals surface area contributed by atoms with Gasteiger partial charge in [0.2, 0.25) is 0 Å². The Hall–Kier alpha value is -1.18. The average Bonchev–Trinajstić information content (AvgIpc) is 2.85. The zero-order chi connectivity index (χ0) is 15.0. The first-order chi connectivity index (χ1) is 10.1. The smallest absolute Gasteiger partial charge is 0.268 e. The molecule has 0 aliphatic carbocycles.